The van der Waals surface area contributed by atoms with E-state index in [2.05, 4.69) is 10.2 Å². The lowest BCUT2D eigenvalue weighted by Crippen LogP contribution is -2.37. The van der Waals surface area contributed by atoms with Crippen LogP contribution in [0.2, 0.25) is 0 Å². The summed E-state index contributed by atoms with van der Waals surface area (Å²) >= 11 is 0. The summed E-state index contributed by atoms with van der Waals surface area (Å²) < 4.78 is 0. The Morgan fingerprint density at radius 1 is 1.16 bits per heavy atom. The van der Waals surface area contributed by atoms with Gasteiger partial charge in [0.25, 0.3) is 5.91 Å². The monoisotopic (exact) mass is 264 g/mol. The minimum Gasteiger partial charge on any atom is -0.412 e. The standard InChI is InChI=1S/C15H22N2O.H2O/c1-13-5-7-14(8-6-13)15(18)16-9-12-17-10-3-2-4-11-17;/h5-8H,2-4,9-12H2,1H3,(H,16,18);1H2. The van der Waals surface area contributed by atoms with E-state index in [0.29, 0.717) is 0 Å². The third-order valence-corrected chi connectivity index (χ3v) is 3.48. The predicted octanol–water partition coefficient (Wildman–Crippen LogP) is 1.39. The van der Waals surface area contributed by atoms with Crippen LogP contribution in [0.1, 0.15) is 35.2 Å². The van der Waals surface area contributed by atoms with Crippen LogP contribution in [-0.4, -0.2) is 42.5 Å². The summed E-state index contributed by atoms with van der Waals surface area (Å²) in [6.45, 7) is 6.10. The van der Waals surface area contributed by atoms with Crippen LogP contribution in [0.4, 0.5) is 0 Å². The maximum absolute atomic E-state index is 11.9. The number of piperidine rings is 1. The molecule has 1 aromatic carbocycles. The summed E-state index contributed by atoms with van der Waals surface area (Å²) in [4.78, 5) is 14.3. The van der Waals surface area contributed by atoms with Gasteiger partial charge in [0.1, 0.15) is 0 Å². The van der Waals surface area contributed by atoms with Crippen LogP contribution in [0.15, 0.2) is 24.3 Å². The number of carbonyl (C=O) groups is 1. The Balaban J connectivity index is 0.00000180. The summed E-state index contributed by atoms with van der Waals surface area (Å²) in [6.07, 6.45) is 3.95. The first-order valence-electron chi connectivity index (χ1n) is 6.83. The van der Waals surface area contributed by atoms with Crippen molar-refractivity contribution in [2.75, 3.05) is 26.2 Å². The summed E-state index contributed by atoms with van der Waals surface area (Å²) in [5.41, 5.74) is 1.93. The highest BCUT2D eigenvalue weighted by atomic mass is 16.1. The van der Waals surface area contributed by atoms with E-state index in [1.807, 2.05) is 31.2 Å². The van der Waals surface area contributed by atoms with Crippen LogP contribution >= 0.6 is 0 Å². The van der Waals surface area contributed by atoms with E-state index in [4.69, 9.17) is 0 Å². The molecule has 0 aliphatic carbocycles. The predicted molar refractivity (Wildman–Crippen MR) is 77.4 cm³/mol. The fourth-order valence-electron chi connectivity index (χ4n) is 2.32. The van der Waals surface area contributed by atoms with Gasteiger partial charge in [0.05, 0.1) is 0 Å². The average Bonchev–Trinajstić information content (AvgIpc) is 2.40. The first-order valence-corrected chi connectivity index (χ1v) is 6.83. The number of rotatable bonds is 4. The second-order valence-electron chi connectivity index (χ2n) is 5.02. The summed E-state index contributed by atoms with van der Waals surface area (Å²) in [7, 11) is 0. The molecule has 0 atom stereocenters. The van der Waals surface area contributed by atoms with Gasteiger partial charge in [0.15, 0.2) is 0 Å². The highest BCUT2D eigenvalue weighted by Gasteiger charge is 2.10. The average molecular weight is 264 g/mol. The molecule has 0 unspecified atom stereocenters. The lowest BCUT2D eigenvalue weighted by molar-refractivity contribution is 0.0946. The van der Waals surface area contributed by atoms with Crippen molar-refractivity contribution in [3.8, 4) is 0 Å². The quantitative estimate of drug-likeness (QED) is 0.893. The van der Waals surface area contributed by atoms with E-state index in [1.165, 1.54) is 37.9 Å². The van der Waals surface area contributed by atoms with Gasteiger partial charge in [-0.3, -0.25) is 4.79 Å². The fourth-order valence-corrected chi connectivity index (χ4v) is 2.32. The number of hydrogen-bond acceptors (Lipinski definition) is 2. The molecule has 1 amide bonds. The summed E-state index contributed by atoms with van der Waals surface area (Å²) in [6, 6.07) is 7.70. The van der Waals surface area contributed by atoms with Crippen molar-refractivity contribution < 1.29 is 10.3 Å². The van der Waals surface area contributed by atoms with Gasteiger partial charge in [0.2, 0.25) is 0 Å². The van der Waals surface area contributed by atoms with Crippen LogP contribution in [0, 0.1) is 6.92 Å². The van der Waals surface area contributed by atoms with Gasteiger partial charge < -0.3 is 15.7 Å². The van der Waals surface area contributed by atoms with Crippen LogP contribution in [0.3, 0.4) is 0 Å². The van der Waals surface area contributed by atoms with E-state index in [0.717, 1.165) is 18.7 Å². The van der Waals surface area contributed by atoms with Crippen molar-refractivity contribution in [2.24, 2.45) is 0 Å². The molecule has 0 radical (unpaired) electrons. The molecule has 1 aliphatic rings. The smallest absolute Gasteiger partial charge is 0.251 e. The van der Waals surface area contributed by atoms with Crippen molar-refractivity contribution in [1.82, 2.24) is 10.2 Å². The van der Waals surface area contributed by atoms with Gasteiger partial charge >= 0.3 is 0 Å². The maximum Gasteiger partial charge on any atom is 0.251 e. The molecule has 4 heteroatoms. The third-order valence-electron chi connectivity index (χ3n) is 3.48. The minimum atomic E-state index is 0. The Morgan fingerprint density at radius 3 is 2.42 bits per heavy atom. The second-order valence-corrected chi connectivity index (χ2v) is 5.02. The number of nitrogens with zero attached hydrogens (tertiary/aromatic N) is 1. The highest BCUT2D eigenvalue weighted by molar-refractivity contribution is 5.94. The van der Waals surface area contributed by atoms with E-state index >= 15 is 0 Å². The number of benzene rings is 1. The molecule has 0 bridgehead atoms. The van der Waals surface area contributed by atoms with Crippen LogP contribution in [0.25, 0.3) is 0 Å². The third kappa shape index (κ3) is 5.01. The Hall–Kier alpha value is -1.39. The number of nitrogens with one attached hydrogen (secondary N) is 1. The lowest BCUT2D eigenvalue weighted by Gasteiger charge is -2.26. The molecular formula is C15H24N2O2. The second kappa shape index (κ2) is 7.92. The molecule has 19 heavy (non-hydrogen) atoms. The van der Waals surface area contributed by atoms with Crippen molar-refractivity contribution in [2.45, 2.75) is 26.2 Å². The van der Waals surface area contributed by atoms with Gasteiger partial charge in [-0.2, -0.15) is 0 Å². The van der Waals surface area contributed by atoms with Crippen molar-refractivity contribution in [3.63, 3.8) is 0 Å². The zero-order valence-electron chi connectivity index (χ0n) is 11.6. The lowest BCUT2D eigenvalue weighted by atomic mass is 10.1. The first-order chi connectivity index (χ1) is 8.75. The van der Waals surface area contributed by atoms with E-state index < -0.39 is 0 Å². The molecule has 2 rings (SSSR count). The first kappa shape index (κ1) is 15.7. The fraction of sp³-hybridized carbons (Fsp3) is 0.533. The molecule has 0 saturated carbocycles. The van der Waals surface area contributed by atoms with Crippen molar-refractivity contribution >= 4 is 5.91 Å². The van der Waals surface area contributed by atoms with Gasteiger partial charge in [-0.15, -0.1) is 0 Å². The largest absolute Gasteiger partial charge is 0.412 e. The van der Waals surface area contributed by atoms with Crippen LogP contribution in [0.5, 0.6) is 0 Å². The van der Waals surface area contributed by atoms with E-state index in [1.54, 1.807) is 0 Å². The van der Waals surface area contributed by atoms with Gasteiger partial charge in [-0.25, -0.2) is 0 Å². The van der Waals surface area contributed by atoms with Gasteiger partial charge in [-0.1, -0.05) is 24.1 Å². The number of aryl methyl sites for hydroxylation is 1. The SMILES string of the molecule is Cc1ccc(C(=O)NCCN2CCCCC2)cc1.O. The molecule has 3 N–H and O–H groups in total. The molecule has 106 valence electrons. The molecule has 1 heterocycles. The molecule has 1 aliphatic heterocycles. The zero-order valence-corrected chi connectivity index (χ0v) is 11.6. The molecule has 1 aromatic rings. The molecular weight excluding hydrogens is 240 g/mol. The highest BCUT2D eigenvalue weighted by Crippen LogP contribution is 2.07. The minimum absolute atomic E-state index is 0. The number of carbonyl (C=O) groups excluding carboxylic acids is 1. The molecule has 1 fully saturated rings. The van der Waals surface area contributed by atoms with Crippen molar-refractivity contribution in [1.29, 1.82) is 0 Å². The Labute approximate surface area is 115 Å². The number of hydrogen-bond donors (Lipinski definition) is 1. The molecule has 0 aromatic heterocycles. The van der Waals surface area contributed by atoms with Crippen molar-refractivity contribution in [3.05, 3.63) is 35.4 Å². The van der Waals surface area contributed by atoms with Crippen LogP contribution < -0.4 is 5.32 Å². The maximum atomic E-state index is 11.9. The van der Waals surface area contributed by atoms with E-state index in [-0.39, 0.29) is 11.4 Å². The molecule has 1 saturated heterocycles. The number of likely N-dealkylation sites (tertiary alicyclic amines) is 1. The Morgan fingerprint density at radius 2 is 1.79 bits per heavy atom. The topological polar surface area (TPSA) is 63.8 Å². The van der Waals surface area contributed by atoms with Gasteiger partial charge in [0, 0.05) is 18.7 Å². The molecule has 4 nitrogen and oxygen atoms in total. The summed E-state index contributed by atoms with van der Waals surface area (Å²) in [5, 5.41) is 2.99. The van der Waals surface area contributed by atoms with Gasteiger partial charge in [-0.05, 0) is 45.0 Å². The van der Waals surface area contributed by atoms with Crippen LogP contribution in [-0.2, 0) is 0 Å². The van der Waals surface area contributed by atoms with E-state index in [9.17, 15) is 4.79 Å². The normalized spacial score (nSPS) is 15.6. The zero-order chi connectivity index (χ0) is 12.8. The molecule has 0 spiro atoms. The summed E-state index contributed by atoms with van der Waals surface area (Å²) in [5.74, 6) is 0.0343. The Kier molecular flexibility index (Phi) is 6.53. The number of amides is 1. The Bertz CT molecular complexity index is 384.